The summed E-state index contributed by atoms with van der Waals surface area (Å²) in [6.07, 6.45) is 5.77. The lowest BCUT2D eigenvalue weighted by molar-refractivity contribution is 0.0000625. The van der Waals surface area contributed by atoms with Gasteiger partial charge in [-0.3, -0.25) is 9.80 Å². The second kappa shape index (κ2) is 9.82. The number of hydrogen-bond acceptors (Lipinski definition) is 4. The van der Waals surface area contributed by atoms with Crippen molar-refractivity contribution in [1.82, 2.24) is 19.3 Å². The summed E-state index contributed by atoms with van der Waals surface area (Å²) in [7, 11) is 0. The molecular formula is C25H40N4O. The number of aliphatic hydroxyl groups excluding tert-OH is 1. The van der Waals surface area contributed by atoms with Crippen molar-refractivity contribution < 1.29 is 5.11 Å². The smallest absolute Gasteiger partial charge is 0.0483 e. The van der Waals surface area contributed by atoms with Gasteiger partial charge in [-0.05, 0) is 64.8 Å². The number of rotatable bonds is 7. The predicted octanol–water partition coefficient (Wildman–Crippen LogP) is 3.40. The van der Waals surface area contributed by atoms with Crippen molar-refractivity contribution >= 4 is 10.9 Å². The maximum Gasteiger partial charge on any atom is 0.0483 e. The number of aryl methyl sites for hydroxylation is 1. The molecule has 0 amide bonds. The maximum absolute atomic E-state index is 9.75. The minimum Gasteiger partial charge on any atom is -0.396 e. The number of piperazine rings is 1. The highest BCUT2D eigenvalue weighted by molar-refractivity contribution is 5.83. The number of aliphatic hydroxyl groups is 1. The van der Waals surface area contributed by atoms with Crippen molar-refractivity contribution in [1.29, 1.82) is 0 Å². The van der Waals surface area contributed by atoms with Gasteiger partial charge in [0.1, 0.15) is 0 Å². The minimum atomic E-state index is 0.287. The Kier molecular flexibility index (Phi) is 7.14. The second-order valence-electron chi connectivity index (χ2n) is 9.46. The van der Waals surface area contributed by atoms with E-state index in [0.717, 1.165) is 39.1 Å². The van der Waals surface area contributed by atoms with Crippen LogP contribution in [0.3, 0.4) is 0 Å². The molecule has 1 atom stereocenters. The molecule has 1 aromatic heterocycles. The highest BCUT2D eigenvalue weighted by atomic mass is 16.3. The van der Waals surface area contributed by atoms with E-state index in [-0.39, 0.29) is 6.61 Å². The van der Waals surface area contributed by atoms with Gasteiger partial charge in [0.05, 0.1) is 0 Å². The van der Waals surface area contributed by atoms with Gasteiger partial charge in [0.2, 0.25) is 0 Å². The molecule has 1 N–H and O–H groups in total. The second-order valence-corrected chi connectivity index (χ2v) is 9.46. The molecule has 5 nitrogen and oxygen atoms in total. The van der Waals surface area contributed by atoms with E-state index < -0.39 is 0 Å². The summed E-state index contributed by atoms with van der Waals surface area (Å²) < 4.78 is 2.37. The zero-order valence-corrected chi connectivity index (χ0v) is 19.1. The Morgan fingerprint density at radius 1 is 1.07 bits per heavy atom. The number of piperidine rings is 1. The third kappa shape index (κ3) is 4.59. The number of aromatic nitrogens is 1. The summed E-state index contributed by atoms with van der Waals surface area (Å²) in [5, 5.41) is 11.1. The highest BCUT2D eigenvalue weighted by Gasteiger charge is 2.34. The first-order valence-electron chi connectivity index (χ1n) is 12.0. The van der Waals surface area contributed by atoms with E-state index in [2.05, 4.69) is 70.5 Å². The molecule has 1 unspecified atom stereocenters. The molecule has 2 saturated heterocycles. The Morgan fingerprint density at radius 2 is 1.83 bits per heavy atom. The van der Waals surface area contributed by atoms with E-state index in [0.29, 0.717) is 18.1 Å². The molecule has 2 fully saturated rings. The fourth-order valence-electron chi connectivity index (χ4n) is 5.65. The van der Waals surface area contributed by atoms with Crippen LogP contribution in [0, 0.1) is 0 Å². The minimum absolute atomic E-state index is 0.287. The van der Waals surface area contributed by atoms with E-state index in [4.69, 9.17) is 0 Å². The molecule has 2 aliphatic heterocycles. The van der Waals surface area contributed by atoms with Crippen LogP contribution in [-0.4, -0.2) is 81.8 Å². The van der Waals surface area contributed by atoms with E-state index in [1.807, 2.05) is 0 Å². The number of benzene rings is 1. The standard InChI is InChI=1S/C25H40N4O/c1-4-27-18-21(24-7-5-6-8-25(24)27)17-26-14-15-29(23(19-26)11-16-30)22-9-12-28(13-10-22)20(2)3/h5-8,18,20,22-23,30H,4,9-17,19H2,1-3H3. The molecule has 2 aromatic rings. The van der Waals surface area contributed by atoms with Gasteiger partial charge >= 0.3 is 0 Å². The normalized spacial score (nSPS) is 23.0. The first-order chi connectivity index (χ1) is 14.6. The van der Waals surface area contributed by atoms with Crippen molar-refractivity contribution in [3.05, 3.63) is 36.0 Å². The van der Waals surface area contributed by atoms with Crippen LogP contribution in [0.25, 0.3) is 10.9 Å². The number of likely N-dealkylation sites (tertiary alicyclic amines) is 1. The molecule has 1 aromatic carbocycles. The molecule has 166 valence electrons. The van der Waals surface area contributed by atoms with Crippen LogP contribution in [0.1, 0.15) is 45.6 Å². The first kappa shape index (κ1) is 21.8. The number of nitrogens with zero attached hydrogens (tertiary/aromatic N) is 4. The maximum atomic E-state index is 9.75. The van der Waals surface area contributed by atoms with Gasteiger partial charge in [-0.15, -0.1) is 0 Å². The summed E-state index contributed by atoms with van der Waals surface area (Å²) in [5.74, 6) is 0. The van der Waals surface area contributed by atoms with Gasteiger partial charge in [0.25, 0.3) is 0 Å². The van der Waals surface area contributed by atoms with Crippen molar-refractivity contribution in [3.63, 3.8) is 0 Å². The molecule has 0 saturated carbocycles. The zero-order chi connectivity index (χ0) is 21.1. The fraction of sp³-hybridized carbons (Fsp3) is 0.680. The lowest BCUT2D eigenvalue weighted by atomic mass is 9.97. The van der Waals surface area contributed by atoms with E-state index in [1.165, 1.54) is 42.4 Å². The quantitative estimate of drug-likeness (QED) is 0.756. The highest BCUT2D eigenvalue weighted by Crippen LogP contribution is 2.27. The Balaban J connectivity index is 1.42. The monoisotopic (exact) mass is 412 g/mol. The number of hydrogen-bond donors (Lipinski definition) is 1. The average molecular weight is 413 g/mol. The third-order valence-electron chi connectivity index (χ3n) is 7.38. The van der Waals surface area contributed by atoms with Crippen LogP contribution < -0.4 is 0 Å². The molecule has 2 aliphatic rings. The Hall–Kier alpha value is -1.40. The Morgan fingerprint density at radius 3 is 2.53 bits per heavy atom. The molecule has 0 radical (unpaired) electrons. The first-order valence-corrected chi connectivity index (χ1v) is 12.0. The van der Waals surface area contributed by atoms with Gasteiger partial charge < -0.3 is 14.6 Å². The zero-order valence-electron chi connectivity index (χ0n) is 19.1. The van der Waals surface area contributed by atoms with Crippen molar-refractivity contribution in [3.8, 4) is 0 Å². The Bertz CT molecular complexity index is 809. The third-order valence-corrected chi connectivity index (χ3v) is 7.38. The largest absolute Gasteiger partial charge is 0.396 e. The van der Waals surface area contributed by atoms with Crippen LogP contribution in [0.4, 0.5) is 0 Å². The molecule has 0 aliphatic carbocycles. The SMILES string of the molecule is CCn1cc(CN2CCN(C3CCN(C(C)C)CC3)C(CCO)C2)c2ccccc21. The predicted molar refractivity (Wildman–Crippen MR) is 125 cm³/mol. The number of para-hydroxylation sites is 1. The molecule has 0 spiro atoms. The van der Waals surface area contributed by atoms with Crippen molar-refractivity contribution in [2.75, 3.05) is 39.3 Å². The molecule has 4 rings (SSSR count). The van der Waals surface area contributed by atoms with Crippen LogP contribution in [0.2, 0.25) is 0 Å². The van der Waals surface area contributed by atoms with Gasteiger partial charge in [0, 0.05) is 74.6 Å². The molecule has 30 heavy (non-hydrogen) atoms. The Labute approximate surface area is 182 Å². The summed E-state index contributed by atoms with van der Waals surface area (Å²) >= 11 is 0. The van der Waals surface area contributed by atoms with E-state index in [1.54, 1.807) is 0 Å². The lowest BCUT2D eigenvalue weighted by Gasteiger charge is -2.48. The van der Waals surface area contributed by atoms with Gasteiger partial charge in [-0.2, -0.15) is 0 Å². The summed E-state index contributed by atoms with van der Waals surface area (Å²) in [5.41, 5.74) is 2.78. The lowest BCUT2D eigenvalue weighted by Crippen LogP contribution is -2.58. The molecular weight excluding hydrogens is 372 g/mol. The summed E-state index contributed by atoms with van der Waals surface area (Å²) in [6.45, 7) is 14.9. The van der Waals surface area contributed by atoms with Crippen LogP contribution in [-0.2, 0) is 13.1 Å². The average Bonchev–Trinajstić information content (AvgIpc) is 3.12. The van der Waals surface area contributed by atoms with E-state index >= 15 is 0 Å². The van der Waals surface area contributed by atoms with Crippen LogP contribution in [0.5, 0.6) is 0 Å². The van der Waals surface area contributed by atoms with Gasteiger partial charge in [0.15, 0.2) is 0 Å². The molecule has 0 bridgehead atoms. The van der Waals surface area contributed by atoms with E-state index in [9.17, 15) is 5.11 Å². The fourth-order valence-corrected chi connectivity index (χ4v) is 5.65. The summed E-state index contributed by atoms with van der Waals surface area (Å²) in [4.78, 5) is 7.96. The molecule has 5 heteroatoms. The van der Waals surface area contributed by atoms with Gasteiger partial charge in [-0.25, -0.2) is 0 Å². The van der Waals surface area contributed by atoms with Gasteiger partial charge in [-0.1, -0.05) is 18.2 Å². The van der Waals surface area contributed by atoms with Crippen LogP contribution >= 0.6 is 0 Å². The topological polar surface area (TPSA) is 34.9 Å². The molecule has 3 heterocycles. The summed E-state index contributed by atoms with van der Waals surface area (Å²) in [6, 6.07) is 10.6. The van der Waals surface area contributed by atoms with Crippen LogP contribution in [0.15, 0.2) is 30.5 Å². The number of fused-ring (bicyclic) bond motifs is 1. The van der Waals surface area contributed by atoms with Crippen molar-refractivity contribution in [2.45, 2.75) is 71.2 Å². The van der Waals surface area contributed by atoms with Crippen molar-refractivity contribution in [2.24, 2.45) is 0 Å².